The molecule has 0 radical (unpaired) electrons. The summed E-state index contributed by atoms with van der Waals surface area (Å²) < 4.78 is 11.6. The first-order valence-corrected chi connectivity index (χ1v) is 9.73. The summed E-state index contributed by atoms with van der Waals surface area (Å²) in [5.74, 6) is 1.73. The van der Waals surface area contributed by atoms with Crippen molar-refractivity contribution in [2.24, 2.45) is 0 Å². The molecule has 1 aliphatic heterocycles. The third-order valence-corrected chi connectivity index (χ3v) is 6.21. The quantitative estimate of drug-likeness (QED) is 0.693. The maximum atomic E-state index is 5.73. The Morgan fingerprint density at radius 1 is 0.880 bits per heavy atom. The normalized spacial score (nSPS) is 14.0. The van der Waals surface area contributed by atoms with Gasteiger partial charge in [0.15, 0.2) is 0 Å². The fourth-order valence-electron chi connectivity index (χ4n) is 2.96. The molecular weight excluding hydrogens is 350 g/mol. The second kappa shape index (κ2) is 8.59. The molecule has 1 saturated heterocycles. The number of hydrogen-bond donors (Lipinski definition) is 0. The Morgan fingerprint density at radius 2 is 1.32 bits per heavy atom. The van der Waals surface area contributed by atoms with E-state index in [-0.39, 0.29) is 5.25 Å². The van der Waals surface area contributed by atoms with E-state index in [4.69, 9.17) is 21.7 Å². The zero-order chi connectivity index (χ0) is 17.6. The zero-order valence-corrected chi connectivity index (χ0v) is 16.2. The van der Waals surface area contributed by atoms with Crippen molar-refractivity contribution < 1.29 is 9.47 Å². The standard InChI is InChI=1S/C20H23NO2S2/c1-22-17-9-5-15(6-10-17)19(16-7-11-18(23-2)12-8-16)25-20(24)21-13-3-4-14-21/h5-12,19H,3-4,13-14H2,1-2H3. The van der Waals surface area contributed by atoms with Gasteiger partial charge in [-0.1, -0.05) is 48.2 Å². The summed E-state index contributed by atoms with van der Waals surface area (Å²) in [5, 5.41) is 0.157. The number of rotatable bonds is 5. The van der Waals surface area contributed by atoms with Gasteiger partial charge in [0.1, 0.15) is 15.8 Å². The summed E-state index contributed by atoms with van der Waals surface area (Å²) in [5.41, 5.74) is 2.44. The average Bonchev–Trinajstić information content (AvgIpc) is 3.21. The molecule has 25 heavy (non-hydrogen) atoms. The number of nitrogens with zero attached hydrogens (tertiary/aromatic N) is 1. The van der Waals surface area contributed by atoms with Gasteiger partial charge in [0.05, 0.1) is 19.5 Å². The van der Waals surface area contributed by atoms with Gasteiger partial charge in [0, 0.05) is 13.1 Å². The first-order chi connectivity index (χ1) is 12.2. The van der Waals surface area contributed by atoms with Crippen LogP contribution >= 0.6 is 24.0 Å². The first kappa shape index (κ1) is 18.1. The minimum atomic E-state index is 0.157. The molecule has 132 valence electrons. The summed E-state index contributed by atoms with van der Waals surface area (Å²) in [6, 6.07) is 16.5. The maximum Gasteiger partial charge on any atom is 0.137 e. The second-order valence-electron chi connectivity index (χ2n) is 6.00. The van der Waals surface area contributed by atoms with Crippen LogP contribution in [0, 0.1) is 0 Å². The molecule has 3 rings (SSSR count). The topological polar surface area (TPSA) is 21.7 Å². The van der Waals surface area contributed by atoms with E-state index in [1.165, 1.54) is 24.0 Å². The van der Waals surface area contributed by atoms with Gasteiger partial charge in [-0.3, -0.25) is 0 Å². The molecule has 1 fully saturated rings. The molecule has 0 saturated carbocycles. The predicted octanol–water partition coefficient (Wildman–Crippen LogP) is 4.91. The van der Waals surface area contributed by atoms with Gasteiger partial charge in [-0.15, -0.1) is 0 Å². The van der Waals surface area contributed by atoms with Crippen molar-refractivity contribution in [3.05, 3.63) is 59.7 Å². The molecule has 0 aromatic heterocycles. The summed E-state index contributed by atoms with van der Waals surface area (Å²) in [7, 11) is 3.38. The van der Waals surface area contributed by atoms with Crippen LogP contribution in [0.5, 0.6) is 11.5 Å². The minimum absolute atomic E-state index is 0.157. The number of thioether (sulfide) groups is 1. The number of methoxy groups -OCH3 is 2. The summed E-state index contributed by atoms with van der Waals surface area (Å²) in [4.78, 5) is 2.32. The summed E-state index contributed by atoms with van der Waals surface area (Å²) in [6.07, 6.45) is 2.47. The van der Waals surface area contributed by atoms with Gasteiger partial charge in [-0.05, 0) is 48.2 Å². The first-order valence-electron chi connectivity index (χ1n) is 8.44. The van der Waals surface area contributed by atoms with Gasteiger partial charge in [0.2, 0.25) is 0 Å². The van der Waals surface area contributed by atoms with E-state index in [0.29, 0.717) is 0 Å². The van der Waals surface area contributed by atoms with Gasteiger partial charge < -0.3 is 14.4 Å². The number of likely N-dealkylation sites (tertiary alicyclic amines) is 1. The molecule has 3 nitrogen and oxygen atoms in total. The molecule has 0 atom stereocenters. The summed E-state index contributed by atoms with van der Waals surface area (Å²) >= 11 is 7.48. The van der Waals surface area contributed by atoms with Gasteiger partial charge in [-0.2, -0.15) is 0 Å². The van der Waals surface area contributed by atoms with Crippen molar-refractivity contribution in [1.29, 1.82) is 0 Å². The molecule has 5 heteroatoms. The van der Waals surface area contributed by atoms with E-state index < -0.39 is 0 Å². The van der Waals surface area contributed by atoms with Gasteiger partial charge in [0.25, 0.3) is 0 Å². The average molecular weight is 374 g/mol. The molecule has 2 aromatic carbocycles. The van der Waals surface area contributed by atoms with E-state index in [1.807, 2.05) is 24.3 Å². The monoisotopic (exact) mass is 373 g/mol. The highest BCUT2D eigenvalue weighted by molar-refractivity contribution is 8.23. The second-order valence-corrected chi connectivity index (χ2v) is 7.74. The predicted molar refractivity (Wildman–Crippen MR) is 109 cm³/mol. The van der Waals surface area contributed by atoms with E-state index >= 15 is 0 Å². The number of thiocarbonyl (C=S) groups is 1. The third-order valence-electron chi connectivity index (χ3n) is 4.42. The van der Waals surface area contributed by atoms with Crippen LogP contribution in [0.25, 0.3) is 0 Å². The van der Waals surface area contributed by atoms with Crippen molar-refractivity contribution in [3.63, 3.8) is 0 Å². The van der Waals surface area contributed by atoms with Crippen LogP contribution in [-0.2, 0) is 0 Å². The Bertz CT molecular complexity index is 647. The van der Waals surface area contributed by atoms with E-state index in [2.05, 4.69) is 29.2 Å². The molecule has 0 N–H and O–H groups in total. The molecule has 0 bridgehead atoms. The lowest BCUT2D eigenvalue weighted by atomic mass is 10.0. The van der Waals surface area contributed by atoms with Crippen LogP contribution in [0.1, 0.15) is 29.2 Å². The molecule has 0 unspecified atom stereocenters. The molecule has 0 amide bonds. The third kappa shape index (κ3) is 4.47. The van der Waals surface area contributed by atoms with Crippen LogP contribution in [0.2, 0.25) is 0 Å². The summed E-state index contributed by atoms with van der Waals surface area (Å²) in [6.45, 7) is 2.15. The molecule has 1 aliphatic rings. The highest BCUT2D eigenvalue weighted by Crippen LogP contribution is 2.39. The van der Waals surface area contributed by atoms with Crippen LogP contribution in [0.3, 0.4) is 0 Å². The van der Waals surface area contributed by atoms with E-state index in [1.54, 1.807) is 26.0 Å². The zero-order valence-electron chi connectivity index (χ0n) is 14.6. The fourth-order valence-corrected chi connectivity index (χ4v) is 4.55. The van der Waals surface area contributed by atoms with Crippen LogP contribution < -0.4 is 9.47 Å². The number of ether oxygens (including phenoxy) is 2. The maximum absolute atomic E-state index is 5.73. The molecule has 1 heterocycles. The Labute approximate surface area is 159 Å². The van der Waals surface area contributed by atoms with Gasteiger partial charge in [-0.25, -0.2) is 0 Å². The van der Waals surface area contributed by atoms with Crippen molar-refractivity contribution in [2.45, 2.75) is 18.1 Å². The smallest absolute Gasteiger partial charge is 0.137 e. The van der Waals surface area contributed by atoms with Crippen LogP contribution in [0.15, 0.2) is 48.5 Å². The van der Waals surface area contributed by atoms with E-state index in [0.717, 1.165) is 28.9 Å². The highest BCUT2D eigenvalue weighted by Gasteiger charge is 2.22. The van der Waals surface area contributed by atoms with Crippen molar-refractivity contribution >= 4 is 28.3 Å². The lowest BCUT2D eigenvalue weighted by Gasteiger charge is -2.24. The number of benzene rings is 2. The van der Waals surface area contributed by atoms with E-state index in [9.17, 15) is 0 Å². The Morgan fingerprint density at radius 3 is 1.72 bits per heavy atom. The Balaban J connectivity index is 1.87. The lowest BCUT2D eigenvalue weighted by Crippen LogP contribution is -2.24. The number of hydrogen-bond acceptors (Lipinski definition) is 4. The Hall–Kier alpha value is -1.72. The van der Waals surface area contributed by atoms with Crippen molar-refractivity contribution in [1.82, 2.24) is 4.90 Å². The fraction of sp³-hybridized carbons (Fsp3) is 0.350. The highest BCUT2D eigenvalue weighted by atomic mass is 32.2. The molecular formula is C20H23NO2S2. The molecule has 0 aliphatic carbocycles. The van der Waals surface area contributed by atoms with Crippen LogP contribution in [0.4, 0.5) is 0 Å². The molecule has 2 aromatic rings. The van der Waals surface area contributed by atoms with Crippen molar-refractivity contribution in [2.75, 3.05) is 27.3 Å². The van der Waals surface area contributed by atoms with Crippen LogP contribution in [-0.4, -0.2) is 36.5 Å². The minimum Gasteiger partial charge on any atom is -0.497 e. The molecule has 0 spiro atoms. The van der Waals surface area contributed by atoms with Gasteiger partial charge >= 0.3 is 0 Å². The largest absolute Gasteiger partial charge is 0.497 e. The lowest BCUT2D eigenvalue weighted by molar-refractivity contribution is 0.414. The van der Waals surface area contributed by atoms with Crippen molar-refractivity contribution in [3.8, 4) is 11.5 Å². The SMILES string of the molecule is COc1ccc(C(SC(=S)N2CCCC2)c2ccc(OC)cc2)cc1. The Kier molecular flexibility index (Phi) is 6.21.